The summed E-state index contributed by atoms with van der Waals surface area (Å²) in [5.41, 5.74) is 6.90. The van der Waals surface area contributed by atoms with Gasteiger partial charge in [-0.25, -0.2) is 4.98 Å². The number of oxazole rings is 1. The van der Waals surface area contributed by atoms with E-state index in [0.29, 0.717) is 0 Å². The summed E-state index contributed by atoms with van der Waals surface area (Å²) in [4.78, 5) is 6.44. The fourth-order valence-electron chi connectivity index (χ4n) is 2.21. The molecule has 0 aromatic carbocycles. The molecule has 1 aromatic heterocycles. The van der Waals surface area contributed by atoms with Crippen molar-refractivity contribution in [3.8, 4) is 0 Å². The first kappa shape index (κ1) is 9.68. The van der Waals surface area contributed by atoms with Gasteiger partial charge in [-0.3, -0.25) is 4.90 Å². The van der Waals surface area contributed by atoms with Crippen LogP contribution in [-0.4, -0.2) is 29.0 Å². The Labute approximate surface area is 84.1 Å². The second-order valence-corrected chi connectivity index (χ2v) is 4.62. The van der Waals surface area contributed by atoms with E-state index in [1.165, 1.54) is 6.39 Å². The SMILES string of the molecule is CN1CCc2ncoc2C1C(C)(C)N. The molecule has 1 atom stereocenters. The monoisotopic (exact) mass is 195 g/mol. The van der Waals surface area contributed by atoms with E-state index in [-0.39, 0.29) is 11.6 Å². The molecule has 2 N–H and O–H groups in total. The van der Waals surface area contributed by atoms with Crippen molar-refractivity contribution in [2.75, 3.05) is 13.6 Å². The van der Waals surface area contributed by atoms with Crippen LogP contribution in [-0.2, 0) is 6.42 Å². The Morgan fingerprint density at radius 2 is 2.36 bits per heavy atom. The van der Waals surface area contributed by atoms with Gasteiger partial charge in [0, 0.05) is 18.5 Å². The van der Waals surface area contributed by atoms with Gasteiger partial charge in [-0.2, -0.15) is 0 Å². The van der Waals surface area contributed by atoms with E-state index >= 15 is 0 Å². The number of hydrogen-bond donors (Lipinski definition) is 1. The van der Waals surface area contributed by atoms with E-state index in [4.69, 9.17) is 10.2 Å². The molecule has 0 fully saturated rings. The number of fused-ring (bicyclic) bond motifs is 1. The van der Waals surface area contributed by atoms with Gasteiger partial charge in [0.05, 0.1) is 11.7 Å². The van der Waals surface area contributed by atoms with Crippen LogP contribution in [0.1, 0.15) is 31.3 Å². The third kappa shape index (κ3) is 1.44. The van der Waals surface area contributed by atoms with Gasteiger partial charge in [0.25, 0.3) is 0 Å². The highest BCUT2D eigenvalue weighted by Gasteiger charge is 2.37. The van der Waals surface area contributed by atoms with Crippen molar-refractivity contribution in [3.05, 3.63) is 17.8 Å². The van der Waals surface area contributed by atoms with Gasteiger partial charge in [-0.05, 0) is 20.9 Å². The van der Waals surface area contributed by atoms with Crippen LogP contribution >= 0.6 is 0 Å². The van der Waals surface area contributed by atoms with Crippen LogP contribution in [0.3, 0.4) is 0 Å². The van der Waals surface area contributed by atoms with Crippen LogP contribution in [0.2, 0.25) is 0 Å². The third-order valence-electron chi connectivity index (χ3n) is 2.77. The molecule has 4 heteroatoms. The average Bonchev–Trinajstić information content (AvgIpc) is 2.48. The van der Waals surface area contributed by atoms with E-state index < -0.39 is 0 Å². The highest BCUT2D eigenvalue weighted by atomic mass is 16.3. The lowest BCUT2D eigenvalue weighted by atomic mass is 9.88. The van der Waals surface area contributed by atoms with Crippen LogP contribution in [0.15, 0.2) is 10.8 Å². The second-order valence-electron chi connectivity index (χ2n) is 4.62. The molecule has 0 radical (unpaired) electrons. The number of rotatable bonds is 1. The van der Waals surface area contributed by atoms with Crippen molar-refractivity contribution in [2.45, 2.75) is 31.8 Å². The first-order valence-corrected chi connectivity index (χ1v) is 4.91. The minimum atomic E-state index is -0.302. The molecular weight excluding hydrogens is 178 g/mol. The fourth-order valence-corrected chi connectivity index (χ4v) is 2.21. The number of nitrogens with two attached hydrogens (primary N) is 1. The molecule has 2 heterocycles. The van der Waals surface area contributed by atoms with Gasteiger partial charge >= 0.3 is 0 Å². The molecule has 4 nitrogen and oxygen atoms in total. The zero-order valence-electron chi connectivity index (χ0n) is 8.95. The summed E-state index contributed by atoms with van der Waals surface area (Å²) in [5.74, 6) is 0.936. The zero-order chi connectivity index (χ0) is 10.3. The van der Waals surface area contributed by atoms with E-state index in [9.17, 15) is 0 Å². The minimum absolute atomic E-state index is 0.133. The van der Waals surface area contributed by atoms with Crippen LogP contribution in [0.25, 0.3) is 0 Å². The molecule has 78 valence electrons. The smallest absolute Gasteiger partial charge is 0.181 e. The molecule has 1 aliphatic rings. The average molecular weight is 195 g/mol. The Morgan fingerprint density at radius 1 is 1.64 bits per heavy atom. The van der Waals surface area contributed by atoms with E-state index in [2.05, 4.69) is 16.9 Å². The fraction of sp³-hybridized carbons (Fsp3) is 0.700. The number of hydrogen-bond acceptors (Lipinski definition) is 4. The summed E-state index contributed by atoms with van der Waals surface area (Å²) in [6, 6.07) is 0.133. The summed E-state index contributed by atoms with van der Waals surface area (Å²) in [6.07, 6.45) is 2.47. The topological polar surface area (TPSA) is 55.3 Å². The maximum absolute atomic E-state index is 6.15. The summed E-state index contributed by atoms with van der Waals surface area (Å²) in [7, 11) is 2.07. The predicted molar refractivity (Wildman–Crippen MR) is 53.8 cm³/mol. The van der Waals surface area contributed by atoms with Crippen LogP contribution in [0.4, 0.5) is 0 Å². The normalized spacial score (nSPS) is 23.6. The van der Waals surface area contributed by atoms with E-state index in [1.807, 2.05) is 13.8 Å². The molecule has 0 amide bonds. The largest absolute Gasteiger partial charge is 0.446 e. The molecule has 1 aromatic rings. The van der Waals surface area contributed by atoms with Gasteiger partial charge in [-0.15, -0.1) is 0 Å². The third-order valence-corrected chi connectivity index (χ3v) is 2.77. The Kier molecular flexibility index (Phi) is 2.12. The highest BCUT2D eigenvalue weighted by Crippen LogP contribution is 2.34. The Morgan fingerprint density at radius 3 is 3.00 bits per heavy atom. The summed E-state index contributed by atoms with van der Waals surface area (Å²) >= 11 is 0. The number of nitrogens with zero attached hydrogens (tertiary/aromatic N) is 2. The summed E-state index contributed by atoms with van der Waals surface area (Å²) in [6.45, 7) is 5.03. The molecule has 0 bridgehead atoms. The summed E-state index contributed by atoms with van der Waals surface area (Å²) < 4.78 is 5.43. The molecule has 0 aliphatic carbocycles. The first-order chi connectivity index (χ1) is 6.50. The molecule has 0 saturated carbocycles. The Balaban J connectivity index is 2.41. The van der Waals surface area contributed by atoms with Crippen molar-refractivity contribution in [3.63, 3.8) is 0 Å². The van der Waals surface area contributed by atoms with Gasteiger partial charge < -0.3 is 10.2 Å². The Hall–Kier alpha value is -0.870. The minimum Gasteiger partial charge on any atom is -0.446 e. The molecule has 2 rings (SSSR count). The van der Waals surface area contributed by atoms with Crippen LogP contribution in [0, 0.1) is 0 Å². The van der Waals surface area contributed by atoms with E-state index in [1.54, 1.807) is 0 Å². The highest BCUT2D eigenvalue weighted by molar-refractivity contribution is 5.20. The zero-order valence-corrected chi connectivity index (χ0v) is 8.95. The first-order valence-electron chi connectivity index (χ1n) is 4.91. The lowest BCUT2D eigenvalue weighted by molar-refractivity contribution is 0.133. The number of aromatic nitrogens is 1. The van der Waals surface area contributed by atoms with Crippen molar-refractivity contribution in [1.82, 2.24) is 9.88 Å². The molecule has 0 spiro atoms. The van der Waals surface area contributed by atoms with Crippen molar-refractivity contribution in [2.24, 2.45) is 5.73 Å². The van der Waals surface area contributed by atoms with Gasteiger partial charge in [0.15, 0.2) is 6.39 Å². The lowest BCUT2D eigenvalue weighted by Crippen LogP contribution is -2.49. The van der Waals surface area contributed by atoms with Crippen molar-refractivity contribution >= 4 is 0 Å². The van der Waals surface area contributed by atoms with Crippen molar-refractivity contribution in [1.29, 1.82) is 0 Å². The van der Waals surface area contributed by atoms with Gasteiger partial charge in [-0.1, -0.05) is 0 Å². The second kappa shape index (κ2) is 3.07. The van der Waals surface area contributed by atoms with Crippen LogP contribution < -0.4 is 5.73 Å². The van der Waals surface area contributed by atoms with Gasteiger partial charge in [0.1, 0.15) is 5.76 Å². The van der Waals surface area contributed by atoms with E-state index in [0.717, 1.165) is 24.4 Å². The predicted octanol–water partition coefficient (Wildman–Crippen LogP) is 0.941. The standard InChI is InChI=1S/C10H17N3O/c1-10(2,11)9-8-7(12-6-14-8)4-5-13(9)3/h6,9H,4-5,11H2,1-3H3. The maximum atomic E-state index is 6.15. The summed E-state index contributed by atoms with van der Waals surface area (Å²) in [5, 5.41) is 0. The molecular formula is C10H17N3O. The van der Waals surface area contributed by atoms with Crippen molar-refractivity contribution < 1.29 is 4.42 Å². The molecule has 1 unspecified atom stereocenters. The molecule has 0 saturated heterocycles. The van der Waals surface area contributed by atoms with Gasteiger partial charge in [0.2, 0.25) is 0 Å². The molecule has 1 aliphatic heterocycles. The quantitative estimate of drug-likeness (QED) is 0.724. The Bertz CT molecular complexity index is 326. The maximum Gasteiger partial charge on any atom is 0.181 e. The number of likely N-dealkylation sites (N-methyl/N-ethyl adjacent to an activating group) is 1. The lowest BCUT2D eigenvalue weighted by Gasteiger charge is -2.39. The molecule has 14 heavy (non-hydrogen) atoms. The van der Waals surface area contributed by atoms with Crippen LogP contribution in [0.5, 0.6) is 0 Å².